The van der Waals surface area contributed by atoms with Gasteiger partial charge >= 0.3 is 13.5 Å². The van der Waals surface area contributed by atoms with Crippen LogP contribution in [-0.4, -0.2) is 33.5 Å². The predicted molar refractivity (Wildman–Crippen MR) is 112 cm³/mol. The number of H-pyrrole nitrogens is 1. The van der Waals surface area contributed by atoms with E-state index in [1.165, 1.54) is 10.8 Å². The maximum Gasteiger partial charge on any atom is 0.527 e. The van der Waals surface area contributed by atoms with Crippen LogP contribution in [-0.2, 0) is 57.7 Å². The maximum atomic E-state index is 12.9. The Morgan fingerprint density at radius 1 is 1.42 bits per heavy atom. The van der Waals surface area contributed by atoms with Crippen molar-refractivity contribution in [1.82, 2.24) is 9.55 Å². The summed E-state index contributed by atoms with van der Waals surface area (Å²) in [5, 5.41) is 10.3. The smallest absolute Gasteiger partial charge is 0.430 e. The van der Waals surface area contributed by atoms with Crippen molar-refractivity contribution in [1.29, 1.82) is 0 Å². The Kier molecular flexibility index (Phi) is 8.01. The van der Waals surface area contributed by atoms with Gasteiger partial charge in [0.05, 0.1) is 16.3 Å². The molecule has 1 fully saturated rings. The van der Waals surface area contributed by atoms with Crippen molar-refractivity contribution in [3.05, 3.63) is 59.4 Å². The molecule has 4 atom stereocenters. The van der Waals surface area contributed by atoms with Crippen LogP contribution in [0.5, 0.6) is 5.75 Å². The summed E-state index contributed by atoms with van der Waals surface area (Å²) in [6.45, 7) is 3.45. The van der Waals surface area contributed by atoms with E-state index in [2.05, 4.69) is 11.1 Å². The van der Waals surface area contributed by atoms with Gasteiger partial charge in [-0.25, -0.2) is 9.36 Å². The van der Waals surface area contributed by atoms with Crippen molar-refractivity contribution in [3.63, 3.8) is 0 Å². The fourth-order valence-electron chi connectivity index (χ4n) is 3.30. The molecule has 0 spiro atoms. The van der Waals surface area contributed by atoms with Gasteiger partial charge < -0.3 is 14.4 Å². The normalized spacial score (nSPS) is 27.3. The van der Waals surface area contributed by atoms with Crippen LogP contribution in [0.25, 0.3) is 0 Å². The number of aliphatic hydroxyl groups is 1. The van der Waals surface area contributed by atoms with E-state index in [0.717, 1.165) is 16.7 Å². The number of nitrogens with one attached hydrogen (secondary N) is 1. The molecule has 10 nitrogen and oxygen atoms in total. The molecule has 2 aliphatic rings. The average Bonchev–Trinajstić information content (AvgIpc) is 3.06. The SMILES string of the molecule is Cc1[c-]cc(C)c2c1COP(=O)(OCC1OC(n3cc([125I])c(=O)[nH]c3=O)CC1O)O2.[Y]. The topological polar surface area (TPSA) is 129 Å². The van der Waals surface area contributed by atoms with Crippen LogP contribution in [0.2, 0.25) is 0 Å². The number of aryl methyl sites for hydroxylation is 2. The summed E-state index contributed by atoms with van der Waals surface area (Å²) in [5.41, 5.74) is 1.20. The first-order chi connectivity index (χ1) is 14.2. The number of aromatic nitrogens is 2. The van der Waals surface area contributed by atoms with Gasteiger partial charge in [-0.3, -0.25) is 23.4 Å². The van der Waals surface area contributed by atoms with E-state index in [9.17, 15) is 19.3 Å². The van der Waals surface area contributed by atoms with Gasteiger partial charge in [0.1, 0.15) is 12.3 Å². The van der Waals surface area contributed by atoms with Crippen molar-refractivity contribution < 1.29 is 60.7 Å². The second-order valence-corrected chi connectivity index (χ2v) is 9.84. The first kappa shape index (κ1) is 25.2. The van der Waals surface area contributed by atoms with Crippen LogP contribution in [0.4, 0.5) is 0 Å². The number of phosphoric ester groups is 1. The largest absolute Gasteiger partial charge is 0.527 e. The van der Waals surface area contributed by atoms with Crippen LogP contribution in [0.3, 0.4) is 0 Å². The monoisotopic (exact) mass is 636 g/mol. The summed E-state index contributed by atoms with van der Waals surface area (Å²) in [4.78, 5) is 25.8. The zero-order chi connectivity index (χ0) is 21.6. The third-order valence-electron chi connectivity index (χ3n) is 5.00. The van der Waals surface area contributed by atoms with Crippen LogP contribution >= 0.6 is 30.4 Å². The molecule has 2 aromatic rings. The number of halogens is 1. The minimum atomic E-state index is -3.91. The van der Waals surface area contributed by atoms with E-state index in [4.69, 9.17) is 18.3 Å². The number of benzene rings is 1. The third-order valence-corrected chi connectivity index (χ3v) is 7.08. The molecule has 4 rings (SSSR count). The van der Waals surface area contributed by atoms with E-state index >= 15 is 0 Å². The molecule has 1 radical (unpaired) electrons. The number of aliphatic hydroxyl groups excluding tert-OH is 1. The second-order valence-electron chi connectivity index (χ2n) is 7.09. The Morgan fingerprint density at radius 3 is 2.90 bits per heavy atom. The molecule has 31 heavy (non-hydrogen) atoms. The molecule has 0 aliphatic carbocycles. The molecule has 2 N–H and O–H groups in total. The van der Waals surface area contributed by atoms with Gasteiger partial charge in [-0.1, -0.05) is 19.4 Å². The first-order valence-electron chi connectivity index (χ1n) is 9.11. The number of ether oxygens (including phenoxy) is 1. The maximum absolute atomic E-state index is 12.9. The molecule has 1 aromatic carbocycles. The van der Waals surface area contributed by atoms with Gasteiger partial charge in [-0.05, 0) is 22.6 Å². The van der Waals surface area contributed by atoms with Crippen molar-refractivity contribution >= 4 is 30.4 Å². The van der Waals surface area contributed by atoms with Crippen molar-refractivity contribution in [2.24, 2.45) is 0 Å². The van der Waals surface area contributed by atoms with Gasteiger partial charge in [0.2, 0.25) is 0 Å². The van der Waals surface area contributed by atoms with E-state index < -0.39 is 37.5 Å². The molecule has 3 heterocycles. The minimum Gasteiger partial charge on any atom is -0.430 e. The predicted octanol–water partition coefficient (Wildman–Crippen LogP) is 1.94. The number of hydrogen-bond acceptors (Lipinski definition) is 8. The van der Waals surface area contributed by atoms with Crippen LogP contribution in [0, 0.1) is 23.5 Å². The Labute approximate surface area is 216 Å². The molecule has 2 aliphatic heterocycles. The molecule has 4 unspecified atom stereocenters. The zero-order valence-electron chi connectivity index (χ0n) is 16.7. The van der Waals surface area contributed by atoms with E-state index in [1.54, 1.807) is 28.7 Å². The number of nitrogens with zero attached hydrogens (tertiary/aromatic N) is 1. The molecule has 13 heteroatoms. The molecule has 0 saturated carbocycles. The molecule has 165 valence electrons. The van der Waals surface area contributed by atoms with Crippen molar-refractivity contribution in [2.45, 2.75) is 45.3 Å². The van der Waals surface area contributed by atoms with Crippen LogP contribution < -0.4 is 15.8 Å². The minimum absolute atomic E-state index is 0. The Morgan fingerprint density at radius 2 is 2.16 bits per heavy atom. The fraction of sp³-hybridized carbons (Fsp3) is 0.444. The number of phosphoric acid groups is 1. The summed E-state index contributed by atoms with van der Waals surface area (Å²) in [5.74, 6) is 0.445. The molecular weight excluding hydrogens is 617 g/mol. The quantitative estimate of drug-likeness (QED) is 0.296. The number of rotatable bonds is 4. The number of hydrogen-bond donors (Lipinski definition) is 2. The van der Waals surface area contributed by atoms with Gasteiger partial charge in [0.15, 0.2) is 0 Å². The Balaban J connectivity index is 0.00000272. The third kappa shape index (κ3) is 5.24. The standard InChI is InChI=1S/C18H19IN2O8P.Y/c1-9-3-4-10(2)16-11(9)7-26-30(25,29-16)27-8-14-13(22)5-15(28-14)21-6-12(19)17(23)20-18(21)24;/h4,6,13-15,22H,5,7-8H2,1-2H3,(H,20,23,24);/q-1;/i19-2;. The molecule has 1 aromatic heterocycles. The molecule has 0 amide bonds. The second kappa shape index (κ2) is 9.84. The summed E-state index contributed by atoms with van der Waals surface area (Å²) in [6, 6.07) is 4.81. The zero-order valence-corrected chi connectivity index (χ0v) is 22.6. The van der Waals surface area contributed by atoms with Crippen molar-refractivity contribution in [3.8, 4) is 5.75 Å². The fourth-order valence-corrected chi connectivity index (χ4v) is 5.01. The Bertz CT molecular complexity index is 1150. The van der Waals surface area contributed by atoms with Gasteiger partial charge in [0.25, 0.3) is 5.56 Å². The molecular formula is C18H19IN2O8PY-. The molecule has 0 bridgehead atoms. The number of fused-ring (bicyclic) bond motifs is 1. The molecule has 1 saturated heterocycles. The summed E-state index contributed by atoms with van der Waals surface area (Å²) < 4.78 is 36.4. The van der Waals surface area contributed by atoms with Crippen LogP contribution in [0.1, 0.15) is 29.3 Å². The van der Waals surface area contributed by atoms with E-state index in [0.29, 0.717) is 9.32 Å². The van der Waals surface area contributed by atoms with E-state index in [-0.39, 0.29) is 52.3 Å². The number of aromatic amines is 1. The summed E-state index contributed by atoms with van der Waals surface area (Å²) in [7, 11) is -3.91. The average molecular weight is 636 g/mol. The van der Waals surface area contributed by atoms with Gasteiger partial charge in [0, 0.05) is 57.7 Å². The Hall–Kier alpha value is -0.396. The summed E-state index contributed by atoms with van der Waals surface area (Å²) in [6.07, 6.45) is -1.19. The van der Waals surface area contributed by atoms with Gasteiger partial charge in [-0.15, -0.1) is 5.56 Å². The van der Waals surface area contributed by atoms with E-state index in [1.807, 2.05) is 13.8 Å². The van der Waals surface area contributed by atoms with Crippen LogP contribution in [0.15, 0.2) is 21.9 Å². The first-order valence-corrected chi connectivity index (χ1v) is 11.6. The summed E-state index contributed by atoms with van der Waals surface area (Å²) >= 11 is 1.80. The van der Waals surface area contributed by atoms with Gasteiger partial charge in [-0.2, -0.15) is 17.7 Å². The van der Waals surface area contributed by atoms with Crippen molar-refractivity contribution in [2.75, 3.05) is 6.61 Å².